The van der Waals surface area contributed by atoms with Crippen LogP contribution in [0.3, 0.4) is 0 Å². The molecule has 0 spiro atoms. The third kappa shape index (κ3) is 3.10. The van der Waals surface area contributed by atoms with E-state index in [9.17, 15) is 4.79 Å². The van der Waals surface area contributed by atoms with Gasteiger partial charge in [0.05, 0.1) is 14.9 Å². The molecule has 0 saturated carbocycles. The summed E-state index contributed by atoms with van der Waals surface area (Å²) in [5.41, 5.74) is 0.448. The summed E-state index contributed by atoms with van der Waals surface area (Å²) in [5, 5.41) is 2.69. The first-order chi connectivity index (χ1) is 8.16. The Morgan fingerprint density at radius 2 is 2.00 bits per heavy atom. The normalized spacial score (nSPS) is 9.53. The number of hydrogen-bond donors (Lipinski definition) is 0. The summed E-state index contributed by atoms with van der Waals surface area (Å²) < 4.78 is 0. The van der Waals surface area contributed by atoms with Crippen LogP contribution >= 0.6 is 34.5 Å². The number of ketones is 1. The molecule has 0 saturated heterocycles. The molecule has 0 aliphatic rings. The zero-order valence-electron chi connectivity index (χ0n) is 8.54. The van der Waals surface area contributed by atoms with E-state index in [-0.39, 0.29) is 5.78 Å². The lowest BCUT2D eigenvalue weighted by atomic mass is 10.1. The minimum absolute atomic E-state index is 0.267. The van der Waals surface area contributed by atoms with Gasteiger partial charge in [0.25, 0.3) is 0 Å². The molecule has 0 bridgehead atoms. The van der Waals surface area contributed by atoms with Crippen molar-refractivity contribution in [1.29, 1.82) is 0 Å². The van der Waals surface area contributed by atoms with Crippen LogP contribution in [0.2, 0.25) is 10.0 Å². The van der Waals surface area contributed by atoms with Gasteiger partial charge >= 0.3 is 0 Å². The Labute approximate surface area is 113 Å². The molecule has 0 unspecified atom stereocenters. The van der Waals surface area contributed by atoms with Crippen LogP contribution in [-0.2, 0) is 0 Å². The third-order valence-electron chi connectivity index (χ3n) is 2.00. The molecule has 1 nitrogen and oxygen atoms in total. The number of carbonyl (C=O) groups is 1. The first kappa shape index (κ1) is 12.2. The predicted octanol–water partition coefficient (Wildman–Crippen LogP) is 4.29. The summed E-state index contributed by atoms with van der Waals surface area (Å²) in [7, 11) is 0. The van der Waals surface area contributed by atoms with Gasteiger partial charge in [-0.3, -0.25) is 4.79 Å². The highest BCUT2D eigenvalue weighted by Crippen LogP contribution is 2.22. The van der Waals surface area contributed by atoms with E-state index in [4.69, 9.17) is 23.2 Å². The van der Waals surface area contributed by atoms with Crippen molar-refractivity contribution in [3.63, 3.8) is 0 Å². The first-order valence-electron chi connectivity index (χ1n) is 4.72. The van der Waals surface area contributed by atoms with Crippen molar-refractivity contribution in [2.75, 3.05) is 0 Å². The summed E-state index contributed by atoms with van der Waals surface area (Å²) in [5.74, 6) is 5.10. The van der Waals surface area contributed by atoms with Gasteiger partial charge < -0.3 is 0 Å². The quantitative estimate of drug-likeness (QED) is 0.563. The second-order valence-corrected chi connectivity index (χ2v) is 4.95. The topological polar surface area (TPSA) is 17.1 Å². The van der Waals surface area contributed by atoms with E-state index in [0.29, 0.717) is 15.6 Å². The lowest BCUT2D eigenvalue weighted by Gasteiger charge is -1.97. The maximum absolute atomic E-state index is 11.7. The standard InChI is InChI=1S/C13H6Cl2OS/c14-11-5-3-9(8-12(11)15)13(16)6-4-10-2-1-7-17-10/h1-3,5,7-8H. The average Bonchev–Trinajstić information content (AvgIpc) is 2.82. The molecule has 17 heavy (non-hydrogen) atoms. The van der Waals surface area contributed by atoms with Crippen molar-refractivity contribution in [1.82, 2.24) is 0 Å². The van der Waals surface area contributed by atoms with Gasteiger partial charge in [-0.05, 0) is 41.5 Å². The molecule has 2 aromatic rings. The summed E-state index contributed by atoms with van der Waals surface area (Å²) >= 11 is 13.1. The molecule has 0 fully saturated rings. The van der Waals surface area contributed by atoms with E-state index in [0.717, 1.165) is 4.88 Å². The second-order valence-electron chi connectivity index (χ2n) is 3.19. The molecule has 0 amide bonds. The average molecular weight is 281 g/mol. The van der Waals surface area contributed by atoms with Crippen molar-refractivity contribution in [3.8, 4) is 11.8 Å². The highest BCUT2D eigenvalue weighted by atomic mass is 35.5. The Balaban J connectivity index is 2.23. The SMILES string of the molecule is O=C(C#Cc1cccs1)c1ccc(Cl)c(Cl)c1. The lowest BCUT2D eigenvalue weighted by Crippen LogP contribution is -1.94. The van der Waals surface area contributed by atoms with E-state index in [1.165, 1.54) is 17.4 Å². The van der Waals surface area contributed by atoms with Gasteiger partial charge in [0, 0.05) is 5.56 Å². The van der Waals surface area contributed by atoms with Crippen molar-refractivity contribution >= 4 is 40.3 Å². The molecule has 1 aromatic heterocycles. The minimum Gasteiger partial charge on any atom is -0.279 e. The summed E-state index contributed by atoms with van der Waals surface area (Å²) in [4.78, 5) is 12.6. The number of Topliss-reactive ketones (excluding diaryl/α,β-unsaturated/α-hetero) is 1. The van der Waals surface area contributed by atoms with Crippen molar-refractivity contribution in [2.24, 2.45) is 0 Å². The Morgan fingerprint density at radius 3 is 2.65 bits per heavy atom. The van der Waals surface area contributed by atoms with Crippen LogP contribution in [0.1, 0.15) is 15.2 Å². The molecule has 0 atom stereocenters. The fraction of sp³-hybridized carbons (Fsp3) is 0. The molecule has 1 heterocycles. The molecule has 84 valence electrons. The number of hydrogen-bond acceptors (Lipinski definition) is 2. The van der Waals surface area contributed by atoms with Gasteiger partial charge in [0.2, 0.25) is 5.78 Å². The Bertz CT molecular complexity index is 606. The van der Waals surface area contributed by atoms with Crippen LogP contribution in [0.5, 0.6) is 0 Å². The van der Waals surface area contributed by atoms with Crippen LogP contribution in [0.15, 0.2) is 35.7 Å². The monoisotopic (exact) mass is 280 g/mol. The van der Waals surface area contributed by atoms with Crippen LogP contribution in [0.4, 0.5) is 0 Å². The van der Waals surface area contributed by atoms with Gasteiger partial charge in [-0.15, -0.1) is 11.3 Å². The number of halogens is 2. The number of rotatable bonds is 1. The Morgan fingerprint density at radius 1 is 1.18 bits per heavy atom. The van der Waals surface area contributed by atoms with Crippen molar-refractivity contribution in [2.45, 2.75) is 0 Å². The maximum Gasteiger partial charge on any atom is 0.236 e. The molecular weight excluding hydrogens is 275 g/mol. The predicted molar refractivity (Wildman–Crippen MR) is 72.0 cm³/mol. The summed E-state index contributed by atoms with van der Waals surface area (Å²) in [6.45, 7) is 0. The minimum atomic E-state index is -0.267. The largest absolute Gasteiger partial charge is 0.279 e. The number of carbonyl (C=O) groups excluding carboxylic acids is 1. The van der Waals surface area contributed by atoms with E-state index in [1.807, 2.05) is 17.5 Å². The van der Waals surface area contributed by atoms with E-state index in [2.05, 4.69) is 11.8 Å². The van der Waals surface area contributed by atoms with E-state index >= 15 is 0 Å². The third-order valence-corrected chi connectivity index (χ3v) is 3.53. The van der Waals surface area contributed by atoms with Crippen LogP contribution in [0.25, 0.3) is 0 Å². The second kappa shape index (κ2) is 5.37. The zero-order chi connectivity index (χ0) is 12.3. The molecule has 4 heteroatoms. The molecule has 0 radical (unpaired) electrons. The fourth-order valence-electron chi connectivity index (χ4n) is 1.18. The fourth-order valence-corrected chi connectivity index (χ4v) is 2.05. The van der Waals surface area contributed by atoms with Gasteiger partial charge in [-0.25, -0.2) is 0 Å². The smallest absolute Gasteiger partial charge is 0.236 e. The summed E-state index contributed by atoms with van der Waals surface area (Å²) in [6.07, 6.45) is 0. The molecule has 2 rings (SSSR count). The first-order valence-corrected chi connectivity index (χ1v) is 6.35. The lowest BCUT2D eigenvalue weighted by molar-refractivity contribution is 0.105. The van der Waals surface area contributed by atoms with Crippen molar-refractivity contribution < 1.29 is 4.79 Å². The molecule has 1 aromatic carbocycles. The number of benzene rings is 1. The van der Waals surface area contributed by atoms with Crippen molar-refractivity contribution in [3.05, 3.63) is 56.2 Å². The molecule has 0 N–H and O–H groups in total. The molecular formula is C13H6Cl2OS. The molecule has 0 aliphatic heterocycles. The van der Waals surface area contributed by atoms with Crippen LogP contribution in [0, 0.1) is 11.8 Å². The Kier molecular flexibility index (Phi) is 3.86. The highest BCUT2D eigenvalue weighted by Gasteiger charge is 2.05. The zero-order valence-corrected chi connectivity index (χ0v) is 10.9. The van der Waals surface area contributed by atoms with Crippen LogP contribution in [-0.4, -0.2) is 5.78 Å². The number of thiophene rings is 1. The van der Waals surface area contributed by atoms with Gasteiger partial charge in [0.1, 0.15) is 0 Å². The van der Waals surface area contributed by atoms with E-state index < -0.39 is 0 Å². The highest BCUT2D eigenvalue weighted by molar-refractivity contribution is 7.10. The maximum atomic E-state index is 11.7. The van der Waals surface area contributed by atoms with Crippen LogP contribution < -0.4 is 0 Å². The van der Waals surface area contributed by atoms with Gasteiger partial charge in [-0.2, -0.15) is 0 Å². The van der Waals surface area contributed by atoms with Gasteiger partial charge in [-0.1, -0.05) is 29.3 Å². The Hall–Kier alpha value is -1.27. The van der Waals surface area contributed by atoms with Gasteiger partial charge in [0.15, 0.2) is 0 Å². The van der Waals surface area contributed by atoms with E-state index in [1.54, 1.807) is 12.1 Å². The molecule has 0 aliphatic carbocycles. The summed E-state index contributed by atoms with van der Waals surface area (Å²) in [6, 6.07) is 8.47.